The molecular weight excluding hydrogens is 412 g/mol. The lowest BCUT2D eigenvalue weighted by atomic mass is 10.2. The number of benzene rings is 1. The number of nitrogens with one attached hydrogen (secondary N) is 2. The molecule has 0 atom stereocenters. The van der Waals surface area contributed by atoms with Crippen LogP contribution in [-0.2, 0) is 12.6 Å². The molecule has 0 spiro atoms. The fraction of sp³-hybridized carbons (Fsp3) is 0.238. The van der Waals surface area contributed by atoms with Crippen molar-refractivity contribution in [3.05, 3.63) is 71.6 Å². The molecule has 2 heterocycles. The average Bonchev–Trinajstić information content (AvgIpc) is 3.55. The van der Waals surface area contributed by atoms with Gasteiger partial charge in [-0.05, 0) is 55.5 Å². The van der Waals surface area contributed by atoms with Crippen LogP contribution < -0.4 is 10.7 Å². The van der Waals surface area contributed by atoms with Gasteiger partial charge >= 0.3 is 6.18 Å². The molecule has 160 valence electrons. The molecule has 0 aliphatic heterocycles. The van der Waals surface area contributed by atoms with Gasteiger partial charge < -0.3 is 5.32 Å². The van der Waals surface area contributed by atoms with Crippen molar-refractivity contribution < 1.29 is 17.6 Å². The third kappa shape index (κ3) is 5.74. The summed E-state index contributed by atoms with van der Waals surface area (Å²) in [6, 6.07) is 8.21. The van der Waals surface area contributed by atoms with Crippen molar-refractivity contribution in [2.45, 2.75) is 25.4 Å². The Kier molecular flexibility index (Phi) is 5.79. The van der Waals surface area contributed by atoms with E-state index in [-0.39, 0.29) is 5.95 Å². The Morgan fingerprint density at radius 3 is 2.61 bits per heavy atom. The lowest BCUT2D eigenvalue weighted by Gasteiger charge is -2.10. The lowest BCUT2D eigenvalue weighted by molar-refractivity contribution is -0.137. The van der Waals surface area contributed by atoms with Crippen LogP contribution in [0.1, 0.15) is 29.8 Å². The van der Waals surface area contributed by atoms with E-state index in [1.54, 1.807) is 12.1 Å². The molecule has 1 aliphatic carbocycles. The molecule has 0 amide bonds. The van der Waals surface area contributed by atoms with Gasteiger partial charge in [0.1, 0.15) is 0 Å². The molecule has 4 rings (SSSR count). The van der Waals surface area contributed by atoms with Crippen molar-refractivity contribution in [2.75, 3.05) is 10.7 Å². The molecule has 10 heteroatoms. The molecule has 2 N–H and O–H groups in total. The second kappa shape index (κ2) is 8.66. The van der Waals surface area contributed by atoms with Crippen LogP contribution in [0, 0.1) is 11.7 Å². The molecule has 1 aliphatic rings. The fourth-order valence-corrected chi connectivity index (χ4v) is 2.85. The van der Waals surface area contributed by atoms with Gasteiger partial charge in [0.25, 0.3) is 0 Å². The topological polar surface area (TPSA) is 75.1 Å². The quantitative estimate of drug-likeness (QED) is 0.307. The Morgan fingerprint density at radius 1 is 1.06 bits per heavy atom. The highest BCUT2D eigenvalue weighted by Crippen LogP contribution is 2.33. The van der Waals surface area contributed by atoms with Gasteiger partial charge in [-0.2, -0.15) is 18.3 Å². The van der Waals surface area contributed by atoms with Crippen molar-refractivity contribution in [3.8, 4) is 0 Å². The standard InChI is InChI=1S/C21H18F4N6/c22-18-12-27-20(30-19(18)8-13-4-5-13)31-28-11-16-6-7-17(10-26-16)29-15-3-1-2-14(9-15)21(23,24)25/h1-3,6-7,9-13,29H,4-5,8H2,(H,27,30,31)/b28-11+. The van der Waals surface area contributed by atoms with Crippen LogP contribution in [0.2, 0.25) is 0 Å². The second-order valence-electron chi connectivity index (χ2n) is 7.18. The maximum Gasteiger partial charge on any atom is 0.416 e. The van der Waals surface area contributed by atoms with E-state index in [1.165, 1.54) is 24.5 Å². The number of nitrogens with zero attached hydrogens (tertiary/aromatic N) is 4. The minimum absolute atomic E-state index is 0.191. The van der Waals surface area contributed by atoms with Crippen LogP contribution in [-0.4, -0.2) is 21.2 Å². The summed E-state index contributed by atoms with van der Waals surface area (Å²) in [5.41, 5.74) is 3.62. The molecule has 6 nitrogen and oxygen atoms in total. The minimum Gasteiger partial charge on any atom is -0.354 e. The Labute approximate surface area is 175 Å². The zero-order valence-electron chi connectivity index (χ0n) is 16.2. The Balaban J connectivity index is 1.36. The molecule has 3 aromatic rings. The Bertz CT molecular complexity index is 1080. The van der Waals surface area contributed by atoms with Crippen molar-refractivity contribution in [2.24, 2.45) is 11.0 Å². The molecule has 0 unspecified atom stereocenters. The van der Waals surface area contributed by atoms with E-state index in [0.29, 0.717) is 35.1 Å². The summed E-state index contributed by atoms with van der Waals surface area (Å²) in [5, 5.41) is 6.88. The van der Waals surface area contributed by atoms with Gasteiger partial charge in [-0.15, -0.1) is 0 Å². The zero-order valence-corrected chi connectivity index (χ0v) is 16.2. The molecule has 0 bridgehead atoms. The molecule has 0 saturated heterocycles. The maximum atomic E-state index is 13.8. The number of rotatable bonds is 7. The first-order valence-electron chi connectivity index (χ1n) is 9.57. The van der Waals surface area contributed by atoms with Gasteiger partial charge in [0.05, 0.1) is 41.2 Å². The largest absolute Gasteiger partial charge is 0.416 e. The third-order valence-electron chi connectivity index (χ3n) is 4.62. The van der Waals surface area contributed by atoms with Crippen LogP contribution in [0.5, 0.6) is 0 Å². The molecule has 1 aromatic carbocycles. The summed E-state index contributed by atoms with van der Waals surface area (Å²) in [4.78, 5) is 12.2. The van der Waals surface area contributed by atoms with E-state index < -0.39 is 17.6 Å². The summed E-state index contributed by atoms with van der Waals surface area (Å²) in [5.74, 6) is 0.260. The maximum absolute atomic E-state index is 13.8. The summed E-state index contributed by atoms with van der Waals surface area (Å²) >= 11 is 0. The molecule has 0 radical (unpaired) electrons. The van der Waals surface area contributed by atoms with E-state index >= 15 is 0 Å². The van der Waals surface area contributed by atoms with Crippen LogP contribution in [0.4, 0.5) is 34.9 Å². The van der Waals surface area contributed by atoms with Gasteiger partial charge in [-0.25, -0.2) is 19.8 Å². The van der Waals surface area contributed by atoms with Crippen LogP contribution in [0.15, 0.2) is 53.9 Å². The molecule has 1 saturated carbocycles. The van der Waals surface area contributed by atoms with Gasteiger partial charge in [0, 0.05) is 5.69 Å². The Morgan fingerprint density at radius 2 is 1.90 bits per heavy atom. The normalized spacial score (nSPS) is 14.1. The fourth-order valence-electron chi connectivity index (χ4n) is 2.85. The summed E-state index contributed by atoms with van der Waals surface area (Å²) in [6.45, 7) is 0. The van der Waals surface area contributed by atoms with Gasteiger partial charge in [-0.3, -0.25) is 4.98 Å². The number of hydrazone groups is 1. The highest BCUT2D eigenvalue weighted by atomic mass is 19.4. The molecular formula is C21H18F4N6. The number of alkyl halides is 3. The average molecular weight is 430 g/mol. The monoisotopic (exact) mass is 430 g/mol. The Hall–Kier alpha value is -3.56. The van der Waals surface area contributed by atoms with Crippen LogP contribution in [0.25, 0.3) is 0 Å². The number of anilines is 3. The lowest BCUT2D eigenvalue weighted by Crippen LogP contribution is -2.05. The van der Waals surface area contributed by atoms with Gasteiger partial charge in [0.15, 0.2) is 5.82 Å². The first kappa shape index (κ1) is 20.7. The first-order valence-corrected chi connectivity index (χ1v) is 9.57. The van der Waals surface area contributed by atoms with E-state index in [9.17, 15) is 17.6 Å². The number of pyridine rings is 1. The highest BCUT2D eigenvalue weighted by Gasteiger charge is 2.30. The van der Waals surface area contributed by atoms with Crippen LogP contribution in [0.3, 0.4) is 0 Å². The summed E-state index contributed by atoms with van der Waals surface area (Å²) in [7, 11) is 0. The van der Waals surface area contributed by atoms with Crippen molar-refractivity contribution in [1.29, 1.82) is 0 Å². The second-order valence-corrected chi connectivity index (χ2v) is 7.18. The van der Waals surface area contributed by atoms with Crippen molar-refractivity contribution in [3.63, 3.8) is 0 Å². The zero-order chi connectivity index (χ0) is 21.8. The van der Waals surface area contributed by atoms with Crippen molar-refractivity contribution in [1.82, 2.24) is 15.0 Å². The predicted octanol–water partition coefficient (Wildman–Crippen LogP) is 5.17. The number of hydrogen-bond acceptors (Lipinski definition) is 6. The highest BCUT2D eigenvalue weighted by molar-refractivity contribution is 5.78. The smallest absolute Gasteiger partial charge is 0.354 e. The third-order valence-corrected chi connectivity index (χ3v) is 4.62. The van der Waals surface area contributed by atoms with Crippen LogP contribution >= 0.6 is 0 Å². The van der Waals surface area contributed by atoms with Gasteiger partial charge in [0.2, 0.25) is 5.95 Å². The van der Waals surface area contributed by atoms with E-state index in [0.717, 1.165) is 31.2 Å². The SMILES string of the molecule is Fc1cnc(N/N=C/c2ccc(Nc3cccc(C(F)(F)F)c3)cn2)nc1CC1CC1. The van der Waals surface area contributed by atoms with Gasteiger partial charge in [-0.1, -0.05) is 6.07 Å². The minimum atomic E-state index is -4.41. The van der Waals surface area contributed by atoms with Crippen molar-refractivity contribution >= 4 is 23.5 Å². The van der Waals surface area contributed by atoms with E-state index in [4.69, 9.17) is 0 Å². The molecule has 1 fully saturated rings. The summed E-state index contributed by atoms with van der Waals surface area (Å²) < 4.78 is 52.2. The first-order chi connectivity index (χ1) is 14.9. The molecule has 31 heavy (non-hydrogen) atoms. The number of halogens is 4. The number of aromatic nitrogens is 3. The summed E-state index contributed by atoms with van der Waals surface area (Å²) in [6.07, 6.45) is 2.40. The van der Waals surface area contributed by atoms with E-state index in [1.807, 2.05) is 0 Å². The number of hydrogen-bond donors (Lipinski definition) is 2. The predicted molar refractivity (Wildman–Crippen MR) is 109 cm³/mol. The molecule has 2 aromatic heterocycles. The van der Waals surface area contributed by atoms with E-state index in [2.05, 4.69) is 30.8 Å².